The maximum absolute atomic E-state index is 10.8. The van der Waals surface area contributed by atoms with Crippen LogP contribution in [0.5, 0.6) is 0 Å². The van der Waals surface area contributed by atoms with Gasteiger partial charge in [0.2, 0.25) is 5.41 Å². The van der Waals surface area contributed by atoms with E-state index in [0.717, 1.165) is 0 Å². The molecule has 0 atom stereocenters. The summed E-state index contributed by atoms with van der Waals surface area (Å²) in [4.78, 5) is 30.2. The van der Waals surface area contributed by atoms with Gasteiger partial charge < -0.3 is 4.74 Å². The lowest BCUT2D eigenvalue weighted by Crippen LogP contribution is -2.60. The summed E-state index contributed by atoms with van der Waals surface area (Å²) in [5.74, 6) is -1.24. The number of carbonyl (C=O) groups excluding carboxylic acids is 2. The standard InChI is InChI=1S/C5H4O6/c6-3-5(4(7)10-3)1-8-11-9-2-5/h1-2H2. The van der Waals surface area contributed by atoms with Crippen LogP contribution in [-0.2, 0) is 29.1 Å². The van der Waals surface area contributed by atoms with E-state index < -0.39 is 17.4 Å². The Labute approximate surface area is 60.8 Å². The molecule has 0 aromatic heterocycles. The first-order valence-corrected chi connectivity index (χ1v) is 2.93. The summed E-state index contributed by atoms with van der Waals surface area (Å²) in [5.41, 5.74) is -1.25. The van der Waals surface area contributed by atoms with Gasteiger partial charge in [-0.05, 0) is 0 Å². The molecule has 0 N–H and O–H groups in total. The van der Waals surface area contributed by atoms with Crippen molar-refractivity contribution in [2.24, 2.45) is 5.41 Å². The first-order chi connectivity index (χ1) is 5.26. The Balaban J connectivity index is 2.19. The molecule has 0 amide bonds. The fourth-order valence-electron chi connectivity index (χ4n) is 0.877. The normalized spacial score (nSPS) is 28.0. The number of rotatable bonds is 0. The van der Waals surface area contributed by atoms with Gasteiger partial charge in [0.15, 0.2) is 0 Å². The zero-order chi connectivity index (χ0) is 7.90. The van der Waals surface area contributed by atoms with Gasteiger partial charge in [0.1, 0.15) is 13.2 Å². The number of hydrogen-bond donors (Lipinski definition) is 0. The molecule has 11 heavy (non-hydrogen) atoms. The van der Waals surface area contributed by atoms with E-state index in [1.807, 2.05) is 0 Å². The van der Waals surface area contributed by atoms with Crippen molar-refractivity contribution in [3.05, 3.63) is 0 Å². The van der Waals surface area contributed by atoms with Crippen molar-refractivity contribution >= 4 is 11.9 Å². The Morgan fingerprint density at radius 1 is 1.09 bits per heavy atom. The minimum absolute atomic E-state index is 0.134. The lowest BCUT2D eigenvalue weighted by Gasteiger charge is -2.36. The topological polar surface area (TPSA) is 71.1 Å². The predicted octanol–water partition coefficient (Wildman–Crippen LogP) is -1.05. The van der Waals surface area contributed by atoms with E-state index in [0.29, 0.717) is 0 Å². The Morgan fingerprint density at radius 2 is 1.64 bits per heavy atom. The van der Waals surface area contributed by atoms with E-state index in [9.17, 15) is 9.59 Å². The van der Waals surface area contributed by atoms with Gasteiger partial charge in [-0.25, -0.2) is 9.78 Å². The maximum atomic E-state index is 10.8. The molecular weight excluding hydrogens is 156 g/mol. The molecule has 2 heterocycles. The average Bonchev–Trinajstić information content (AvgIpc) is 2.07. The highest BCUT2D eigenvalue weighted by atomic mass is 17.5. The Bertz CT molecular complexity index is 199. The van der Waals surface area contributed by atoms with E-state index in [2.05, 4.69) is 19.6 Å². The zero-order valence-corrected chi connectivity index (χ0v) is 5.36. The quantitative estimate of drug-likeness (QED) is 0.256. The van der Waals surface area contributed by atoms with Gasteiger partial charge in [-0.2, -0.15) is 0 Å². The maximum Gasteiger partial charge on any atom is 0.336 e. The molecule has 2 fully saturated rings. The molecule has 2 aliphatic heterocycles. The van der Waals surface area contributed by atoms with Crippen LogP contribution in [0.3, 0.4) is 0 Å². The molecule has 1 spiro atoms. The molecule has 0 bridgehead atoms. The van der Waals surface area contributed by atoms with Crippen molar-refractivity contribution in [1.82, 2.24) is 0 Å². The highest BCUT2D eigenvalue weighted by Gasteiger charge is 2.61. The second kappa shape index (κ2) is 2.00. The van der Waals surface area contributed by atoms with Gasteiger partial charge in [-0.3, -0.25) is 9.59 Å². The van der Waals surface area contributed by atoms with Crippen LogP contribution in [0.15, 0.2) is 0 Å². The first-order valence-electron chi connectivity index (χ1n) is 2.93. The molecule has 0 saturated carbocycles. The van der Waals surface area contributed by atoms with Crippen molar-refractivity contribution in [1.29, 1.82) is 0 Å². The second-order valence-electron chi connectivity index (χ2n) is 2.35. The van der Waals surface area contributed by atoms with E-state index in [4.69, 9.17) is 0 Å². The highest BCUT2D eigenvalue weighted by molar-refractivity contribution is 6.14. The minimum atomic E-state index is -1.25. The van der Waals surface area contributed by atoms with Crippen LogP contribution >= 0.6 is 0 Å². The Morgan fingerprint density at radius 3 is 2.00 bits per heavy atom. The van der Waals surface area contributed by atoms with Gasteiger partial charge in [0, 0.05) is 0 Å². The highest BCUT2D eigenvalue weighted by Crippen LogP contribution is 2.33. The molecule has 60 valence electrons. The lowest BCUT2D eigenvalue weighted by molar-refractivity contribution is -0.546. The van der Waals surface area contributed by atoms with Crippen LogP contribution in [0.25, 0.3) is 0 Å². The van der Waals surface area contributed by atoms with E-state index in [-0.39, 0.29) is 13.2 Å². The molecule has 6 heteroatoms. The molecule has 0 aromatic rings. The second-order valence-corrected chi connectivity index (χ2v) is 2.35. The number of carbonyl (C=O) groups is 2. The monoisotopic (exact) mass is 160 g/mol. The van der Waals surface area contributed by atoms with Crippen molar-refractivity contribution in [3.63, 3.8) is 0 Å². The summed E-state index contributed by atoms with van der Waals surface area (Å²) in [5, 5.41) is 4.04. The van der Waals surface area contributed by atoms with Crippen LogP contribution in [0.2, 0.25) is 0 Å². The number of hydrogen-bond acceptors (Lipinski definition) is 6. The lowest BCUT2D eigenvalue weighted by atomic mass is 9.86. The largest absolute Gasteiger partial charge is 0.391 e. The Hall–Kier alpha value is -0.980. The van der Waals surface area contributed by atoms with Crippen LogP contribution in [-0.4, -0.2) is 25.2 Å². The summed E-state index contributed by atoms with van der Waals surface area (Å²) in [6.45, 7) is -0.269. The minimum Gasteiger partial charge on any atom is -0.391 e. The molecule has 0 unspecified atom stereocenters. The van der Waals surface area contributed by atoms with Crippen LogP contribution in [0.1, 0.15) is 0 Å². The summed E-state index contributed by atoms with van der Waals surface area (Å²) < 4.78 is 4.14. The summed E-state index contributed by atoms with van der Waals surface area (Å²) in [7, 11) is 0. The molecule has 2 saturated heterocycles. The van der Waals surface area contributed by atoms with Gasteiger partial charge in [0.25, 0.3) is 0 Å². The van der Waals surface area contributed by atoms with Crippen LogP contribution in [0, 0.1) is 5.41 Å². The number of cyclic esters (lactones) is 2. The van der Waals surface area contributed by atoms with Crippen molar-refractivity contribution in [3.8, 4) is 0 Å². The van der Waals surface area contributed by atoms with Crippen molar-refractivity contribution in [2.75, 3.05) is 13.2 Å². The van der Waals surface area contributed by atoms with E-state index in [1.165, 1.54) is 0 Å². The first kappa shape index (κ1) is 6.71. The van der Waals surface area contributed by atoms with E-state index in [1.54, 1.807) is 0 Å². The summed E-state index contributed by atoms with van der Waals surface area (Å²) >= 11 is 0. The SMILES string of the molecule is O=C1OC(=O)C12COOOC2. The third-order valence-corrected chi connectivity index (χ3v) is 1.67. The molecule has 2 rings (SSSR count). The van der Waals surface area contributed by atoms with Crippen LogP contribution in [0.4, 0.5) is 0 Å². The molecule has 0 radical (unpaired) electrons. The fraction of sp³-hybridized carbons (Fsp3) is 0.600. The van der Waals surface area contributed by atoms with Gasteiger partial charge >= 0.3 is 11.9 Å². The average molecular weight is 160 g/mol. The smallest absolute Gasteiger partial charge is 0.336 e. The number of esters is 2. The molecule has 0 aromatic carbocycles. The van der Waals surface area contributed by atoms with E-state index >= 15 is 0 Å². The van der Waals surface area contributed by atoms with Crippen molar-refractivity contribution in [2.45, 2.75) is 0 Å². The molecule has 2 aliphatic rings. The van der Waals surface area contributed by atoms with Gasteiger partial charge in [-0.1, -0.05) is 5.04 Å². The molecular formula is C5H4O6. The summed E-state index contributed by atoms with van der Waals surface area (Å²) in [6, 6.07) is 0. The Kier molecular flexibility index (Phi) is 1.22. The molecule has 6 nitrogen and oxygen atoms in total. The fourth-order valence-corrected chi connectivity index (χ4v) is 0.877. The third-order valence-electron chi connectivity index (χ3n) is 1.67. The zero-order valence-electron chi connectivity index (χ0n) is 5.36. The van der Waals surface area contributed by atoms with Crippen molar-refractivity contribution < 1.29 is 29.1 Å². The predicted molar refractivity (Wildman–Crippen MR) is 26.5 cm³/mol. The molecule has 0 aliphatic carbocycles. The van der Waals surface area contributed by atoms with Crippen LogP contribution < -0.4 is 0 Å². The van der Waals surface area contributed by atoms with Gasteiger partial charge in [-0.15, -0.1) is 0 Å². The third kappa shape index (κ3) is 0.710. The number of ether oxygens (including phenoxy) is 1. The van der Waals surface area contributed by atoms with Gasteiger partial charge in [0.05, 0.1) is 0 Å². The summed E-state index contributed by atoms with van der Waals surface area (Å²) in [6.07, 6.45) is 0.